The van der Waals surface area contributed by atoms with Gasteiger partial charge in [0.25, 0.3) is 0 Å². The fourth-order valence-corrected chi connectivity index (χ4v) is 3.19. The van der Waals surface area contributed by atoms with Crippen LogP contribution >= 0.6 is 11.3 Å². The van der Waals surface area contributed by atoms with E-state index in [1.807, 2.05) is 45.0 Å². The lowest BCUT2D eigenvalue weighted by molar-refractivity contribution is 0.585. The number of aromatic nitrogens is 1. The van der Waals surface area contributed by atoms with Gasteiger partial charge in [-0.2, -0.15) is 0 Å². The number of anilines is 1. The van der Waals surface area contributed by atoms with Crippen LogP contribution in [-0.4, -0.2) is 19.1 Å². The molecule has 0 amide bonds. The minimum Gasteiger partial charge on any atom is -0.344 e. The molecule has 5 heteroatoms. The summed E-state index contributed by atoms with van der Waals surface area (Å²) >= 11 is 1.65. The van der Waals surface area contributed by atoms with Crippen LogP contribution in [0.15, 0.2) is 24.3 Å². The Morgan fingerprint density at radius 3 is 2.75 bits per heavy atom. The highest BCUT2D eigenvalue weighted by atomic mass is 32.1. The van der Waals surface area contributed by atoms with Crippen LogP contribution in [0.5, 0.6) is 0 Å². The lowest BCUT2D eigenvalue weighted by Gasteiger charge is -2.25. The summed E-state index contributed by atoms with van der Waals surface area (Å²) < 4.78 is 13.9. The average molecular weight is 293 g/mol. The van der Waals surface area contributed by atoms with Crippen LogP contribution in [0, 0.1) is 12.7 Å². The lowest BCUT2D eigenvalue weighted by atomic mass is 10.1. The number of hydrogen-bond donors (Lipinski definition) is 1. The van der Waals surface area contributed by atoms with Gasteiger partial charge in [-0.15, -0.1) is 11.3 Å². The molecule has 0 aliphatic carbocycles. The highest BCUT2D eigenvalue weighted by molar-refractivity contribution is 7.15. The number of rotatable bonds is 5. The van der Waals surface area contributed by atoms with E-state index in [0.717, 1.165) is 17.4 Å². The first-order valence-electron chi connectivity index (χ1n) is 6.62. The summed E-state index contributed by atoms with van der Waals surface area (Å²) in [5, 5.41) is 4.06. The van der Waals surface area contributed by atoms with Crippen LogP contribution in [-0.2, 0) is 6.54 Å². The second-order valence-corrected chi connectivity index (χ2v) is 5.91. The van der Waals surface area contributed by atoms with Crippen molar-refractivity contribution in [3.05, 3.63) is 46.2 Å². The Labute approximate surface area is 123 Å². The molecule has 0 radical (unpaired) electrons. The second-order valence-electron chi connectivity index (χ2n) is 4.84. The molecule has 2 rings (SSSR count). The van der Waals surface area contributed by atoms with Crippen molar-refractivity contribution in [2.24, 2.45) is 0 Å². The number of nitrogens with one attached hydrogen (secondary N) is 1. The fourth-order valence-electron chi connectivity index (χ4n) is 2.08. The Morgan fingerprint density at radius 1 is 1.40 bits per heavy atom. The number of aryl methyl sites for hydroxylation is 1. The first kappa shape index (κ1) is 14.9. The van der Waals surface area contributed by atoms with Gasteiger partial charge in [0, 0.05) is 24.0 Å². The highest BCUT2D eigenvalue weighted by Crippen LogP contribution is 2.31. The molecule has 0 fully saturated rings. The monoisotopic (exact) mass is 293 g/mol. The van der Waals surface area contributed by atoms with Crippen molar-refractivity contribution in [1.29, 1.82) is 0 Å². The Morgan fingerprint density at radius 2 is 2.10 bits per heavy atom. The highest BCUT2D eigenvalue weighted by Gasteiger charge is 2.19. The molecule has 0 aliphatic heterocycles. The maximum absolute atomic E-state index is 13.9. The number of nitrogens with zero attached hydrogens (tertiary/aromatic N) is 2. The third kappa shape index (κ3) is 2.99. The number of thiazole rings is 1. The number of hydrogen-bond acceptors (Lipinski definition) is 4. The largest absolute Gasteiger partial charge is 0.344 e. The van der Waals surface area contributed by atoms with E-state index in [0.29, 0.717) is 5.56 Å². The summed E-state index contributed by atoms with van der Waals surface area (Å²) in [7, 11) is 3.88. The van der Waals surface area contributed by atoms with E-state index in [1.54, 1.807) is 17.4 Å². The van der Waals surface area contributed by atoms with Crippen LogP contribution in [0.4, 0.5) is 9.52 Å². The van der Waals surface area contributed by atoms with Gasteiger partial charge in [-0.3, -0.25) is 0 Å². The Bertz CT molecular complexity index is 582. The number of halogens is 1. The molecule has 1 unspecified atom stereocenters. The first-order chi connectivity index (χ1) is 9.54. The van der Waals surface area contributed by atoms with E-state index in [-0.39, 0.29) is 11.9 Å². The Balaban J connectivity index is 2.24. The molecular formula is C15H20FN3S. The molecule has 0 aliphatic rings. The minimum atomic E-state index is -0.171. The van der Waals surface area contributed by atoms with Gasteiger partial charge in [0.15, 0.2) is 5.13 Å². The van der Waals surface area contributed by atoms with Crippen LogP contribution in [0.3, 0.4) is 0 Å². The van der Waals surface area contributed by atoms with Crippen molar-refractivity contribution in [3.8, 4) is 0 Å². The van der Waals surface area contributed by atoms with Gasteiger partial charge in [-0.1, -0.05) is 18.2 Å². The van der Waals surface area contributed by atoms with Crippen molar-refractivity contribution < 1.29 is 4.39 Å². The summed E-state index contributed by atoms with van der Waals surface area (Å²) in [6, 6.07) is 6.85. The smallest absolute Gasteiger partial charge is 0.186 e. The van der Waals surface area contributed by atoms with Gasteiger partial charge in [-0.25, -0.2) is 9.37 Å². The summed E-state index contributed by atoms with van der Waals surface area (Å²) in [5.74, 6) is -0.171. The predicted molar refractivity (Wildman–Crippen MR) is 82.8 cm³/mol. The quantitative estimate of drug-likeness (QED) is 0.914. The zero-order valence-corrected chi connectivity index (χ0v) is 13.1. The van der Waals surface area contributed by atoms with E-state index < -0.39 is 0 Å². The molecular weight excluding hydrogens is 273 g/mol. The molecule has 1 aromatic heterocycles. The molecule has 0 saturated carbocycles. The molecule has 2 aromatic rings. The van der Waals surface area contributed by atoms with Crippen molar-refractivity contribution in [3.63, 3.8) is 0 Å². The van der Waals surface area contributed by atoms with E-state index >= 15 is 0 Å². The Kier molecular flexibility index (Phi) is 4.73. The molecule has 0 spiro atoms. The molecule has 1 N–H and O–H groups in total. The zero-order valence-electron chi connectivity index (χ0n) is 12.3. The Hall–Kier alpha value is -1.46. The molecule has 1 aromatic carbocycles. The van der Waals surface area contributed by atoms with Crippen molar-refractivity contribution in [1.82, 2.24) is 10.3 Å². The zero-order chi connectivity index (χ0) is 14.7. The summed E-state index contributed by atoms with van der Waals surface area (Å²) in [6.07, 6.45) is 0. The van der Waals surface area contributed by atoms with Crippen LogP contribution in [0.1, 0.15) is 29.1 Å². The van der Waals surface area contributed by atoms with Gasteiger partial charge in [0.1, 0.15) is 5.82 Å². The summed E-state index contributed by atoms with van der Waals surface area (Å²) in [6.45, 7) is 4.81. The molecule has 108 valence electrons. The lowest BCUT2D eigenvalue weighted by Crippen LogP contribution is -2.22. The average Bonchev–Trinajstić information content (AvgIpc) is 2.80. The van der Waals surface area contributed by atoms with Gasteiger partial charge >= 0.3 is 0 Å². The third-order valence-electron chi connectivity index (χ3n) is 3.46. The third-order valence-corrected chi connectivity index (χ3v) is 4.70. The number of benzene rings is 1. The maximum atomic E-state index is 13.9. The molecule has 20 heavy (non-hydrogen) atoms. The predicted octanol–water partition coefficient (Wildman–Crippen LogP) is 3.51. The van der Waals surface area contributed by atoms with Crippen LogP contribution < -0.4 is 10.2 Å². The van der Waals surface area contributed by atoms with E-state index in [4.69, 9.17) is 0 Å². The van der Waals surface area contributed by atoms with Crippen molar-refractivity contribution in [2.45, 2.75) is 26.4 Å². The molecule has 0 bridgehead atoms. The summed E-state index contributed by atoms with van der Waals surface area (Å²) in [5.41, 5.74) is 1.73. The standard InChI is InChI=1S/C15H20FN3S/c1-10-14(9-17-3)20-15(18-10)19(4)11(2)12-7-5-6-8-13(12)16/h5-8,11,17H,9H2,1-4H3. The van der Waals surface area contributed by atoms with Crippen molar-refractivity contribution >= 4 is 16.5 Å². The van der Waals surface area contributed by atoms with Gasteiger partial charge in [0.2, 0.25) is 0 Å². The van der Waals surface area contributed by atoms with Gasteiger partial charge in [-0.05, 0) is 27.0 Å². The first-order valence-corrected chi connectivity index (χ1v) is 7.44. The molecule has 0 saturated heterocycles. The second kappa shape index (κ2) is 6.33. The van der Waals surface area contributed by atoms with Crippen LogP contribution in [0.2, 0.25) is 0 Å². The van der Waals surface area contributed by atoms with Gasteiger partial charge in [0.05, 0.1) is 11.7 Å². The van der Waals surface area contributed by atoms with E-state index in [2.05, 4.69) is 10.3 Å². The minimum absolute atomic E-state index is 0.0517. The molecule has 3 nitrogen and oxygen atoms in total. The van der Waals surface area contributed by atoms with E-state index in [1.165, 1.54) is 10.9 Å². The van der Waals surface area contributed by atoms with Crippen molar-refractivity contribution in [2.75, 3.05) is 19.0 Å². The SMILES string of the molecule is CNCc1sc(N(C)C(C)c2ccccc2F)nc1C. The summed E-state index contributed by atoms with van der Waals surface area (Å²) in [4.78, 5) is 7.83. The fraction of sp³-hybridized carbons (Fsp3) is 0.400. The van der Waals surface area contributed by atoms with Gasteiger partial charge < -0.3 is 10.2 Å². The molecule has 1 heterocycles. The van der Waals surface area contributed by atoms with E-state index in [9.17, 15) is 4.39 Å². The normalized spacial score (nSPS) is 12.4. The topological polar surface area (TPSA) is 28.2 Å². The maximum Gasteiger partial charge on any atom is 0.186 e. The van der Waals surface area contributed by atoms with Crippen LogP contribution in [0.25, 0.3) is 0 Å². The molecule has 1 atom stereocenters.